The fourth-order valence-corrected chi connectivity index (χ4v) is 2.12. The third-order valence-corrected chi connectivity index (χ3v) is 3.08. The SMILES string of the molecule is C[C@H]1[C@H](CN)CCCN1C(=O)OC(C)(C)C. The van der Waals surface area contributed by atoms with Gasteiger partial charge in [0.1, 0.15) is 5.60 Å². The number of carbonyl (C=O) groups is 1. The van der Waals surface area contributed by atoms with Crippen LogP contribution in [0.2, 0.25) is 0 Å². The smallest absolute Gasteiger partial charge is 0.410 e. The Bertz CT molecular complexity index is 248. The Labute approximate surface area is 98.1 Å². The van der Waals surface area contributed by atoms with Gasteiger partial charge in [-0.25, -0.2) is 4.79 Å². The van der Waals surface area contributed by atoms with Crippen molar-refractivity contribution in [3.05, 3.63) is 0 Å². The van der Waals surface area contributed by atoms with E-state index in [-0.39, 0.29) is 12.1 Å². The summed E-state index contributed by atoms with van der Waals surface area (Å²) in [5, 5.41) is 0. The number of carbonyl (C=O) groups excluding carboxylic acids is 1. The van der Waals surface area contributed by atoms with Gasteiger partial charge < -0.3 is 15.4 Å². The Morgan fingerprint density at radius 1 is 1.50 bits per heavy atom. The molecule has 1 fully saturated rings. The monoisotopic (exact) mass is 228 g/mol. The third kappa shape index (κ3) is 3.37. The largest absolute Gasteiger partial charge is 0.444 e. The number of rotatable bonds is 1. The van der Waals surface area contributed by atoms with Crippen molar-refractivity contribution in [3.63, 3.8) is 0 Å². The minimum Gasteiger partial charge on any atom is -0.444 e. The van der Waals surface area contributed by atoms with E-state index in [4.69, 9.17) is 10.5 Å². The van der Waals surface area contributed by atoms with Crippen LogP contribution in [0.25, 0.3) is 0 Å². The molecule has 0 aliphatic carbocycles. The molecule has 0 aromatic rings. The first-order valence-corrected chi connectivity index (χ1v) is 6.05. The lowest BCUT2D eigenvalue weighted by Gasteiger charge is -2.39. The van der Waals surface area contributed by atoms with Gasteiger partial charge in [0.15, 0.2) is 0 Å². The Morgan fingerprint density at radius 3 is 2.62 bits per heavy atom. The molecule has 1 aliphatic rings. The maximum absolute atomic E-state index is 11.9. The lowest BCUT2D eigenvalue weighted by Crippen LogP contribution is -2.50. The fourth-order valence-electron chi connectivity index (χ4n) is 2.12. The van der Waals surface area contributed by atoms with Crippen molar-refractivity contribution in [3.8, 4) is 0 Å². The minimum atomic E-state index is -0.424. The van der Waals surface area contributed by atoms with Crippen molar-refractivity contribution in [1.29, 1.82) is 0 Å². The number of nitrogens with two attached hydrogens (primary N) is 1. The normalized spacial score (nSPS) is 26.7. The van der Waals surface area contributed by atoms with E-state index >= 15 is 0 Å². The van der Waals surface area contributed by atoms with E-state index in [1.165, 1.54) is 0 Å². The van der Waals surface area contributed by atoms with Crippen molar-refractivity contribution < 1.29 is 9.53 Å². The van der Waals surface area contributed by atoms with Gasteiger partial charge >= 0.3 is 6.09 Å². The highest BCUT2D eigenvalue weighted by Gasteiger charge is 2.32. The second-order valence-corrected chi connectivity index (χ2v) is 5.55. The predicted octanol–water partition coefficient (Wildman–Crippen LogP) is 1.98. The van der Waals surface area contributed by atoms with E-state index in [1.54, 1.807) is 0 Å². The molecular weight excluding hydrogens is 204 g/mol. The van der Waals surface area contributed by atoms with Crippen LogP contribution in [-0.4, -0.2) is 35.7 Å². The van der Waals surface area contributed by atoms with E-state index in [1.807, 2.05) is 25.7 Å². The van der Waals surface area contributed by atoms with E-state index < -0.39 is 5.60 Å². The topological polar surface area (TPSA) is 55.6 Å². The summed E-state index contributed by atoms with van der Waals surface area (Å²) in [6.45, 7) is 9.15. The Kier molecular flexibility index (Phi) is 4.19. The molecule has 1 aliphatic heterocycles. The summed E-state index contributed by atoms with van der Waals surface area (Å²) < 4.78 is 5.39. The summed E-state index contributed by atoms with van der Waals surface area (Å²) in [5.74, 6) is 0.404. The molecule has 94 valence electrons. The minimum absolute atomic E-state index is 0.189. The molecule has 0 bridgehead atoms. The zero-order valence-electron chi connectivity index (χ0n) is 10.8. The maximum atomic E-state index is 11.9. The summed E-state index contributed by atoms with van der Waals surface area (Å²) in [6, 6.07) is 0.189. The number of ether oxygens (including phenoxy) is 1. The Morgan fingerprint density at radius 2 is 2.12 bits per heavy atom. The predicted molar refractivity (Wildman–Crippen MR) is 64.2 cm³/mol. The molecule has 1 amide bonds. The van der Waals surface area contributed by atoms with E-state index in [0.29, 0.717) is 12.5 Å². The molecule has 0 saturated carbocycles. The summed E-state index contributed by atoms with van der Waals surface area (Å²) in [7, 11) is 0. The number of piperidine rings is 1. The molecule has 16 heavy (non-hydrogen) atoms. The molecule has 0 unspecified atom stereocenters. The van der Waals surface area contributed by atoms with Gasteiger partial charge in [0.2, 0.25) is 0 Å². The average molecular weight is 228 g/mol. The molecule has 1 heterocycles. The molecule has 2 atom stereocenters. The van der Waals surface area contributed by atoms with Gasteiger partial charge in [-0.2, -0.15) is 0 Å². The molecule has 0 aromatic carbocycles. The molecular formula is C12H24N2O2. The van der Waals surface area contributed by atoms with Crippen LogP contribution in [0.4, 0.5) is 4.79 Å². The van der Waals surface area contributed by atoms with Crippen molar-refractivity contribution in [1.82, 2.24) is 4.90 Å². The van der Waals surface area contributed by atoms with Crippen LogP contribution in [-0.2, 0) is 4.74 Å². The van der Waals surface area contributed by atoms with Crippen LogP contribution < -0.4 is 5.73 Å². The van der Waals surface area contributed by atoms with Crippen molar-refractivity contribution in [2.24, 2.45) is 11.7 Å². The molecule has 1 saturated heterocycles. The highest BCUT2D eigenvalue weighted by molar-refractivity contribution is 5.68. The maximum Gasteiger partial charge on any atom is 0.410 e. The Hall–Kier alpha value is -0.770. The summed E-state index contributed by atoms with van der Waals surface area (Å²) in [4.78, 5) is 13.8. The van der Waals surface area contributed by atoms with Gasteiger partial charge in [0, 0.05) is 12.6 Å². The molecule has 4 nitrogen and oxygen atoms in total. The first kappa shape index (κ1) is 13.3. The number of likely N-dealkylation sites (tertiary alicyclic amines) is 1. The highest BCUT2D eigenvalue weighted by atomic mass is 16.6. The van der Waals surface area contributed by atoms with Gasteiger partial charge in [-0.15, -0.1) is 0 Å². The number of hydrogen-bond donors (Lipinski definition) is 1. The van der Waals surface area contributed by atoms with Crippen molar-refractivity contribution in [2.45, 2.75) is 52.2 Å². The Balaban J connectivity index is 2.61. The van der Waals surface area contributed by atoms with Crippen LogP contribution in [0, 0.1) is 5.92 Å². The van der Waals surface area contributed by atoms with Gasteiger partial charge in [0.05, 0.1) is 0 Å². The molecule has 1 rings (SSSR count). The van der Waals surface area contributed by atoms with E-state index in [0.717, 1.165) is 19.4 Å². The van der Waals surface area contributed by atoms with Crippen LogP contribution in [0.5, 0.6) is 0 Å². The molecule has 2 N–H and O–H groups in total. The quantitative estimate of drug-likeness (QED) is 0.746. The highest BCUT2D eigenvalue weighted by Crippen LogP contribution is 2.24. The average Bonchev–Trinajstić information content (AvgIpc) is 2.15. The number of hydrogen-bond acceptors (Lipinski definition) is 3. The fraction of sp³-hybridized carbons (Fsp3) is 0.917. The van der Waals surface area contributed by atoms with Crippen LogP contribution in [0.1, 0.15) is 40.5 Å². The molecule has 0 spiro atoms. The zero-order chi connectivity index (χ0) is 12.3. The van der Waals surface area contributed by atoms with Crippen LogP contribution >= 0.6 is 0 Å². The second-order valence-electron chi connectivity index (χ2n) is 5.55. The summed E-state index contributed by atoms with van der Waals surface area (Å²) in [5.41, 5.74) is 5.28. The van der Waals surface area contributed by atoms with Crippen LogP contribution in [0.15, 0.2) is 0 Å². The summed E-state index contributed by atoms with van der Waals surface area (Å²) in [6.07, 6.45) is 1.92. The summed E-state index contributed by atoms with van der Waals surface area (Å²) >= 11 is 0. The van der Waals surface area contributed by atoms with Crippen LogP contribution in [0.3, 0.4) is 0 Å². The second kappa shape index (κ2) is 5.04. The van der Waals surface area contributed by atoms with E-state index in [2.05, 4.69) is 6.92 Å². The first-order valence-electron chi connectivity index (χ1n) is 6.05. The lowest BCUT2D eigenvalue weighted by molar-refractivity contribution is 0.00389. The van der Waals surface area contributed by atoms with Crippen molar-refractivity contribution in [2.75, 3.05) is 13.1 Å². The number of amides is 1. The van der Waals surface area contributed by atoms with E-state index in [9.17, 15) is 4.79 Å². The van der Waals surface area contributed by atoms with Gasteiger partial charge in [-0.1, -0.05) is 0 Å². The first-order chi connectivity index (χ1) is 7.35. The molecule has 0 radical (unpaired) electrons. The molecule has 0 aromatic heterocycles. The number of nitrogens with zero attached hydrogens (tertiary/aromatic N) is 1. The zero-order valence-corrected chi connectivity index (χ0v) is 10.8. The van der Waals surface area contributed by atoms with Gasteiger partial charge in [-0.3, -0.25) is 0 Å². The molecule has 4 heteroatoms. The standard InChI is InChI=1S/C12H24N2O2/c1-9-10(8-13)6-5-7-14(9)11(15)16-12(2,3)4/h9-10H,5-8,13H2,1-4H3/t9-,10-/m0/s1. The van der Waals surface area contributed by atoms with Gasteiger partial charge in [-0.05, 0) is 53.0 Å². The third-order valence-electron chi connectivity index (χ3n) is 3.08. The van der Waals surface area contributed by atoms with Gasteiger partial charge in [0.25, 0.3) is 0 Å². The van der Waals surface area contributed by atoms with Crippen molar-refractivity contribution >= 4 is 6.09 Å². The lowest BCUT2D eigenvalue weighted by atomic mass is 9.91.